The van der Waals surface area contributed by atoms with Gasteiger partial charge in [0.25, 0.3) is 0 Å². The summed E-state index contributed by atoms with van der Waals surface area (Å²) in [7, 11) is 1.53. The summed E-state index contributed by atoms with van der Waals surface area (Å²) in [5.41, 5.74) is 2.29. The summed E-state index contributed by atoms with van der Waals surface area (Å²) in [6, 6.07) is 11.4. The molecule has 1 aliphatic heterocycles. The number of ether oxygens (including phenoxy) is 1. The van der Waals surface area contributed by atoms with Crippen LogP contribution in [0.4, 0.5) is 14.9 Å². The number of carbonyl (C=O) groups excluding carboxylic acids is 1. The number of amides is 2. The van der Waals surface area contributed by atoms with Gasteiger partial charge < -0.3 is 20.5 Å². The Labute approximate surface area is 157 Å². The van der Waals surface area contributed by atoms with Crippen molar-refractivity contribution in [2.45, 2.75) is 12.5 Å². The lowest BCUT2D eigenvalue weighted by molar-refractivity contribution is 0.219. The minimum absolute atomic E-state index is 0.121. The van der Waals surface area contributed by atoms with E-state index in [2.05, 4.69) is 0 Å². The van der Waals surface area contributed by atoms with E-state index in [1.165, 1.54) is 31.7 Å². The van der Waals surface area contributed by atoms with Gasteiger partial charge in [0.1, 0.15) is 11.6 Å². The van der Waals surface area contributed by atoms with E-state index in [0.717, 1.165) is 5.56 Å². The molecule has 0 radical (unpaired) electrons. The Hall–Kier alpha value is -3.22. The van der Waals surface area contributed by atoms with Crippen LogP contribution in [0.2, 0.25) is 0 Å². The standard InChI is InChI=1S/C20H21FN4O2/c1-27-19-10-17(6-7-18(19)15(11-22)12-23)25-9-8-24(20(25)26)13-14-2-4-16(21)5-3-14/h2-7,10-12,15,22-23H,8-9,13H2,1H3. The predicted octanol–water partition coefficient (Wildman–Crippen LogP) is 3.66. The lowest BCUT2D eigenvalue weighted by Gasteiger charge is -2.21. The fourth-order valence-electron chi connectivity index (χ4n) is 3.15. The van der Waals surface area contributed by atoms with Crippen LogP contribution in [0.15, 0.2) is 42.5 Å². The van der Waals surface area contributed by atoms with E-state index < -0.39 is 5.92 Å². The summed E-state index contributed by atoms with van der Waals surface area (Å²) in [5.74, 6) is -0.221. The number of hydrogen-bond acceptors (Lipinski definition) is 4. The van der Waals surface area contributed by atoms with Gasteiger partial charge in [0, 0.05) is 49.4 Å². The summed E-state index contributed by atoms with van der Waals surface area (Å²) >= 11 is 0. The fourth-order valence-corrected chi connectivity index (χ4v) is 3.15. The Morgan fingerprint density at radius 3 is 2.48 bits per heavy atom. The number of nitrogens with zero attached hydrogens (tertiary/aromatic N) is 2. The molecule has 3 rings (SSSR count). The molecule has 2 aromatic carbocycles. The van der Waals surface area contributed by atoms with E-state index in [4.69, 9.17) is 15.6 Å². The molecule has 0 unspecified atom stereocenters. The summed E-state index contributed by atoms with van der Waals surface area (Å²) in [6.07, 6.45) is 2.35. The van der Waals surface area contributed by atoms with Gasteiger partial charge in [0.05, 0.1) is 13.0 Å². The molecule has 140 valence electrons. The molecule has 2 aromatic rings. The molecule has 1 fully saturated rings. The number of methoxy groups -OCH3 is 1. The Kier molecular flexibility index (Phi) is 5.49. The van der Waals surface area contributed by atoms with Crippen molar-refractivity contribution >= 4 is 24.1 Å². The second kappa shape index (κ2) is 7.99. The average molecular weight is 368 g/mol. The second-order valence-electron chi connectivity index (χ2n) is 6.27. The predicted molar refractivity (Wildman–Crippen MR) is 103 cm³/mol. The molecule has 7 heteroatoms. The molecule has 1 aliphatic rings. The van der Waals surface area contributed by atoms with Crippen molar-refractivity contribution in [3.63, 3.8) is 0 Å². The van der Waals surface area contributed by atoms with Gasteiger partial charge in [-0.25, -0.2) is 9.18 Å². The molecule has 1 heterocycles. The number of carbonyl (C=O) groups is 1. The highest BCUT2D eigenvalue weighted by atomic mass is 19.1. The van der Waals surface area contributed by atoms with Gasteiger partial charge in [-0.2, -0.15) is 0 Å². The maximum Gasteiger partial charge on any atom is 0.324 e. The highest BCUT2D eigenvalue weighted by Gasteiger charge is 2.30. The van der Waals surface area contributed by atoms with E-state index in [-0.39, 0.29) is 11.8 Å². The smallest absolute Gasteiger partial charge is 0.324 e. The zero-order chi connectivity index (χ0) is 19.4. The molecule has 2 amide bonds. The van der Waals surface area contributed by atoms with Crippen LogP contribution in [0.1, 0.15) is 17.0 Å². The Morgan fingerprint density at radius 2 is 1.85 bits per heavy atom. The van der Waals surface area contributed by atoms with E-state index in [9.17, 15) is 9.18 Å². The summed E-state index contributed by atoms with van der Waals surface area (Å²) in [6.45, 7) is 1.54. The van der Waals surface area contributed by atoms with Gasteiger partial charge in [-0.15, -0.1) is 0 Å². The second-order valence-corrected chi connectivity index (χ2v) is 6.27. The van der Waals surface area contributed by atoms with Crippen LogP contribution in [0.25, 0.3) is 0 Å². The van der Waals surface area contributed by atoms with Crippen molar-refractivity contribution in [1.82, 2.24) is 4.90 Å². The largest absolute Gasteiger partial charge is 0.496 e. The topological polar surface area (TPSA) is 80.5 Å². The normalized spacial score (nSPS) is 15.0. The molecular formula is C20H21FN4O2. The van der Waals surface area contributed by atoms with Gasteiger partial charge >= 0.3 is 6.03 Å². The summed E-state index contributed by atoms with van der Waals surface area (Å²) in [5, 5.41) is 14.9. The van der Waals surface area contributed by atoms with Gasteiger partial charge in [-0.05, 0) is 23.8 Å². The molecule has 0 spiro atoms. The fraction of sp³-hybridized carbons (Fsp3) is 0.250. The number of halogens is 1. The van der Waals surface area contributed by atoms with E-state index >= 15 is 0 Å². The highest BCUT2D eigenvalue weighted by molar-refractivity contribution is 5.95. The molecule has 27 heavy (non-hydrogen) atoms. The van der Waals surface area contributed by atoms with Crippen molar-refractivity contribution in [3.8, 4) is 5.75 Å². The summed E-state index contributed by atoms with van der Waals surface area (Å²) < 4.78 is 18.4. The van der Waals surface area contributed by atoms with E-state index in [1.54, 1.807) is 40.1 Å². The Morgan fingerprint density at radius 1 is 1.15 bits per heavy atom. The highest BCUT2D eigenvalue weighted by Crippen LogP contribution is 2.31. The number of benzene rings is 2. The molecule has 0 aliphatic carbocycles. The molecule has 6 nitrogen and oxygen atoms in total. The minimum atomic E-state index is -0.460. The van der Waals surface area contributed by atoms with Crippen molar-refractivity contribution < 1.29 is 13.9 Å². The number of rotatable bonds is 7. The molecule has 0 bridgehead atoms. The first-order valence-electron chi connectivity index (χ1n) is 8.57. The van der Waals surface area contributed by atoms with Gasteiger partial charge in [-0.3, -0.25) is 4.90 Å². The Balaban J connectivity index is 1.78. The van der Waals surface area contributed by atoms with Crippen molar-refractivity contribution in [1.29, 1.82) is 10.8 Å². The third-order valence-corrected chi connectivity index (χ3v) is 4.63. The van der Waals surface area contributed by atoms with Crippen LogP contribution in [-0.2, 0) is 6.54 Å². The lowest BCUT2D eigenvalue weighted by Crippen LogP contribution is -2.31. The maximum absolute atomic E-state index is 13.0. The van der Waals surface area contributed by atoms with Crippen LogP contribution >= 0.6 is 0 Å². The van der Waals surface area contributed by atoms with Crippen molar-refractivity contribution in [3.05, 3.63) is 59.4 Å². The van der Waals surface area contributed by atoms with Crippen LogP contribution < -0.4 is 9.64 Å². The monoisotopic (exact) mass is 368 g/mol. The molecule has 0 aromatic heterocycles. The zero-order valence-electron chi connectivity index (χ0n) is 15.0. The third-order valence-electron chi connectivity index (χ3n) is 4.63. The molecular weight excluding hydrogens is 347 g/mol. The van der Waals surface area contributed by atoms with E-state index in [1.807, 2.05) is 0 Å². The quantitative estimate of drug-likeness (QED) is 0.732. The number of anilines is 1. The van der Waals surface area contributed by atoms with Crippen molar-refractivity contribution in [2.24, 2.45) is 0 Å². The third kappa shape index (κ3) is 3.81. The van der Waals surface area contributed by atoms with Crippen LogP contribution in [0, 0.1) is 16.6 Å². The average Bonchev–Trinajstić information content (AvgIpc) is 3.05. The minimum Gasteiger partial charge on any atom is -0.496 e. The van der Waals surface area contributed by atoms with Crippen LogP contribution in [-0.4, -0.2) is 43.6 Å². The summed E-state index contributed by atoms with van der Waals surface area (Å²) in [4.78, 5) is 16.2. The first-order chi connectivity index (χ1) is 13.1. The van der Waals surface area contributed by atoms with E-state index in [0.29, 0.717) is 36.6 Å². The van der Waals surface area contributed by atoms with Crippen molar-refractivity contribution in [2.75, 3.05) is 25.1 Å². The maximum atomic E-state index is 13.0. The van der Waals surface area contributed by atoms with Gasteiger partial charge in [0.15, 0.2) is 0 Å². The zero-order valence-corrected chi connectivity index (χ0v) is 15.0. The van der Waals surface area contributed by atoms with Crippen LogP contribution in [0.3, 0.4) is 0 Å². The van der Waals surface area contributed by atoms with Gasteiger partial charge in [0.2, 0.25) is 0 Å². The molecule has 1 saturated heterocycles. The van der Waals surface area contributed by atoms with Crippen LogP contribution in [0.5, 0.6) is 5.75 Å². The Bertz CT molecular complexity index is 846. The number of hydrogen-bond donors (Lipinski definition) is 2. The molecule has 0 saturated carbocycles. The van der Waals surface area contributed by atoms with Gasteiger partial charge in [-0.1, -0.05) is 18.2 Å². The SMILES string of the molecule is COc1cc(N2CCN(Cc3ccc(F)cc3)C2=O)ccc1C(C=N)C=N. The molecule has 0 atom stereocenters. The first kappa shape index (κ1) is 18.6. The number of nitrogens with one attached hydrogen (secondary N) is 2. The number of urea groups is 1. The molecule has 2 N–H and O–H groups in total. The first-order valence-corrected chi connectivity index (χ1v) is 8.57. The lowest BCUT2D eigenvalue weighted by atomic mass is 10.00.